The smallest absolute Gasteiger partial charge is 0.220 e. The van der Waals surface area contributed by atoms with E-state index >= 15 is 0 Å². The molecule has 0 atom stereocenters. The zero-order valence-corrected chi connectivity index (χ0v) is 12.8. The Bertz CT molecular complexity index is 720. The van der Waals surface area contributed by atoms with Crippen LogP contribution in [0.15, 0.2) is 54.6 Å². The van der Waals surface area contributed by atoms with Crippen molar-refractivity contribution in [1.82, 2.24) is 20.7 Å². The number of benzene rings is 2. The van der Waals surface area contributed by atoms with E-state index < -0.39 is 0 Å². The average Bonchev–Trinajstić information content (AvgIpc) is 2.97. The molecule has 0 aliphatic heterocycles. The average molecular weight is 311 g/mol. The van der Waals surface area contributed by atoms with Crippen LogP contribution < -0.4 is 16.2 Å². The van der Waals surface area contributed by atoms with E-state index in [1.165, 1.54) is 5.56 Å². The summed E-state index contributed by atoms with van der Waals surface area (Å²) in [5.74, 6) is 0.633. The van der Waals surface area contributed by atoms with Crippen LogP contribution in [0.2, 0.25) is 0 Å². The molecule has 0 aliphatic carbocycles. The summed E-state index contributed by atoms with van der Waals surface area (Å²) in [6, 6.07) is 18.1. The van der Waals surface area contributed by atoms with Crippen molar-refractivity contribution in [2.24, 2.45) is 0 Å². The molecule has 112 valence electrons. The second kappa shape index (κ2) is 6.91. The molecule has 0 radical (unpaired) electrons. The predicted molar refractivity (Wildman–Crippen MR) is 93.6 cm³/mol. The van der Waals surface area contributed by atoms with E-state index in [0.717, 1.165) is 24.0 Å². The quantitative estimate of drug-likeness (QED) is 0.431. The molecule has 0 spiro atoms. The Kier molecular flexibility index (Phi) is 4.50. The molecule has 4 N–H and O–H groups in total. The van der Waals surface area contributed by atoms with Crippen molar-refractivity contribution < 1.29 is 0 Å². The highest BCUT2D eigenvalue weighted by Gasteiger charge is 2.01. The molecule has 22 heavy (non-hydrogen) atoms. The lowest BCUT2D eigenvalue weighted by Crippen LogP contribution is -2.39. The van der Waals surface area contributed by atoms with E-state index in [0.29, 0.717) is 11.1 Å². The molecular weight excluding hydrogens is 294 g/mol. The van der Waals surface area contributed by atoms with Gasteiger partial charge >= 0.3 is 0 Å². The first kappa shape index (κ1) is 14.3. The van der Waals surface area contributed by atoms with Crippen LogP contribution in [0.3, 0.4) is 0 Å². The van der Waals surface area contributed by atoms with Gasteiger partial charge in [0.15, 0.2) is 5.11 Å². The molecule has 1 aromatic heterocycles. The second-order valence-electron chi connectivity index (χ2n) is 4.84. The number of anilines is 1. The number of aromatic nitrogens is 2. The standard InChI is InChI=1S/C16H17N5S/c22-16(17-11-10-12-6-2-1-3-7-12)21-20-15-18-13-8-4-5-9-14(13)19-15/h1-9H,10-11H2,(H2,17,21,22)(H2,18,19,20). The third kappa shape index (κ3) is 3.73. The van der Waals surface area contributed by atoms with Gasteiger partial charge in [-0.1, -0.05) is 42.5 Å². The Hall–Kier alpha value is -2.60. The Morgan fingerprint density at radius 3 is 2.64 bits per heavy atom. The van der Waals surface area contributed by atoms with E-state index in [9.17, 15) is 0 Å². The van der Waals surface area contributed by atoms with Crippen molar-refractivity contribution in [3.05, 3.63) is 60.2 Å². The Labute approximate surface area is 134 Å². The molecule has 1 heterocycles. The van der Waals surface area contributed by atoms with E-state index in [1.54, 1.807) is 0 Å². The molecular formula is C16H17N5S. The maximum Gasteiger partial charge on any atom is 0.220 e. The van der Waals surface area contributed by atoms with Gasteiger partial charge in [0.25, 0.3) is 0 Å². The Morgan fingerprint density at radius 1 is 1.05 bits per heavy atom. The molecule has 5 nitrogen and oxygen atoms in total. The van der Waals surface area contributed by atoms with Crippen molar-refractivity contribution in [3.63, 3.8) is 0 Å². The number of H-pyrrole nitrogens is 1. The lowest BCUT2D eigenvalue weighted by molar-refractivity contribution is 0.846. The minimum atomic E-state index is 0.538. The summed E-state index contributed by atoms with van der Waals surface area (Å²) in [5.41, 5.74) is 9.06. The SMILES string of the molecule is S=C(NCCc1ccccc1)NNc1nc2ccccc2[nH]1. The molecule has 0 bridgehead atoms. The minimum Gasteiger partial charge on any atom is -0.361 e. The van der Waals surface area contributed by atoms with Crippen LogP contribution in [0.5, 0.6) is 0 Å². The van der Waals surface area contributed by atoms with Crippen molar-refractivity contribution in [2.75, 3.05) is 12.0 Å². The number of hydrogen-bond donors (Lipinski definition) is 4. The number of nitrogens with one attached hydrogen (secondary N) is 4. The van der Waals surface area contributed by atoms with Crippen LogP contribution in [0, 0.1) is 0 Å². The third-order valence-electron chi connectivity index (χ3n) is 3.23. The molecule has 3 aromatic rings. The van der Waals surface area contributed by atoms with Gasteiger partial charge in [-0.2, -0.15) is 0 Å². The summed E-state index contributed by atoms with van der Waals surface area (Å²) >= 11 is 5.22. The summed E-state index contributed by atoms with van der Waals surface area (Å²) in [7, 11) is 0. The number of hydrazine groups is 1. The van der Waals surface area contributed by atoms with E-state index in [1.807, 2.05) is 42.5 Å². The van der Waals surface area contributed by atoms with Gasteiger partial charge in [-0.15, -0.1) is 0 Å². The molecule has 6 heteroatoms. The van der Waals surface area contributed by atoms with Crippen molar-refractivity contribution in [1.29, 1.82) is 0 Å². The minimum absolute atomic E-state index is 0.538. The lowest BCUT2D eigenvalue weighted by Gasteiger charge is -2.10. The van der Waals surface area contributed by atoms with Crippen molar-refractivity contribution in [2.45, 2.75) is 6.42 Å². The molecule has 0 saturated heterocycles. The topological polar surface area (TPSA) is 64.8 Å². The van der Waals surface area contributed by atoms with Crippen LogP contribution in [0.4, 0.5) is 5.95 Å². The van der Waals surface area contributed by atoms with Crippen LogP contribution in [0.1, 0.15) is 5.56 Å². The summed E-state index contributed by atoms with van der Waals surface area (Å²) in [6.45, 7) is 0.775. The molecule has 3 rings (SSSR count). The largest absolute Gasteiger partial charge is 0.361 e. The van der Waals surface area contributed by atoms with E-state index in [4.69, 9.17) is 12.2 Å². The molecule has 0 fully saturated rings. The van der Waals surface area contributed by atoms with Crippen LogP contribution >= 0.6 is 12.2 Å². The number of thiocarbonyl (C=S) groups is 1. The summed E-state index contributed by atoms with van der Waals surface area (Å²) in [6.07, 6.45) is 0.924. The van der Waals surface area contributed by atoms with Gasteiger partial charge in [0.1, 0.15) is 0 Å². The number of hydrogen-bond acceptors (Lipinski definition) is 3. The zero-order chi connectivity index (χ0) is 15.2. The number of nitrogens with zero attached hydrogens (tertiary/aromatic N) is 1. The zero-order valence-electron chi connectivity index (χ0n) is 12.0. The van der Waals surface area contributed by atoms with Crippen LogP contribution in [-0.4, -0.2) is 21.6 Å². The number of fused-ring (bicyclic) bond motifs is 1. The number of rotatable bonds is 5. The summed E-state index contributed by atoms with van der Waals surface area (Å²) < 4.78 is 0. The van der Waals surface area contributed by atoms with Gasteiger partial charge in [-0.3, -0.25) is 10.9 Å². The highest BCUT2D eigenvalue weighted by atomic mass is 32.1. The number of para-hydroxylation sites is 2. The maximum atomic E-state index is 5.22. The molecule has 0 unspecified atom stereocenters. The van der Waals surface area contributed by atoms with Gasteiger partial charge in [0.05, 0.1) is 11.0 Å². The Morgan fingerprint density at radius 2 is 1.82 bits per heavy atom. The van der Waals surface area contributed by atoms with Gasteiger partial charge in [-0.25, -0.2) is 4.98 Å². The predicted octanol–water partition coefficient (Wildman–Crippen LogP) is 2.60. The van der Waals surface area contributed by atoms with Crippen LogP contribution in [0.25, 0.3) is 11.0 Å². The lowest BCUT2D eigenvalue weighted by atomic mass is 10.1. The highest BCUT2D eigenvalue weighted by molar-refractivity contribution is 7.80. The summed E-state index contributed by atoms with van der Waals surface area (Å²) in [4.78, 5) is 7.56. The first-order valence-corrected chi connectivity index (χ1v) is 7.50. The molecule has 0 saturated carbocycles. The van der Waals surface area contributed by atoms with E-state index in [-0.39, 0.29) is 0 Å². The highest BCUT2D eigenvalue weighted by Crippen LogP contribution is 2.12. The number of aromatic amines is 1. The fraction of sp³-hybridized carbons (Fsp3) is 0.125. The molecule has 0 aliphatic rings. The van der Waals surface area contributed by atoms with Gasteiger partial charge in [0.2, 0.25) is 5.95 Å². The monoisotopic (exact) mass is 311 g/mol. The molecule has 0 amide bonds. The first-order valence-electron chi connectivity index (χ1n) is 7.10. The maximum absolute atomic E-state index is 5.22. The normalized spacial score (nSPS) is 10.4. The Balaban J connectivity index is 1.44. The van der Waals surface area contributed by atoms with E-state index in [2.05, 4.69) is 38.3 Å². The first-order chi connectivity index (χ1) is 10.8. The van der Waals surface area contributed by atoms with Gasteiger partial charge in [0, 0.05) is 6.54 Å². The van der Waals surface area contributed by atoms with Crippen LogP contribution in [-0.2, 0) is 6.42 Å². The number of imidazole rings is 1. The van der Waals surface area contributed by atoms with Crippen molar-refractivity contribution >= 4 is 34.3 Å². The van der Waals surface area contributed by atoms with Gasteiger partial charge < -0.3 is 10.3 Å². The molecule has 2 aromatic carbocycles. The van der Waals surface area contributed by atoms with Gasteiger partial charge in [-0.05, 0) is 36.3 Å². The third-order valence-corrected chi connectivity index (χ3v) is 3.47. The summed E-state index contributed by atoms with van der Waals surface area (Å²) in [5, 5.41) is 3.69. The van der Waals surface area contributed by atoms with Crippen molar-refractivity contribution in [3.8, 4) is 0 Å². The fourth-order valence-electron chi connectivity index (χ4n) is 2.14. The fourth-order valence-corrected chi connectivity index (χ4v) is 2.29. The second-order valence-corrected chi connectivity index (χ2v) is 5.25.